The molecule has 0 saturated heterocycles. The molecule has 0 aromatic heterocycles. The highest BCUT2D eigenvalue weighted by Gasteiger charge is 2.39. The van der Waals surface area contributed by atoms with Crippen LogP contribution < -0.4 is 15.5 Å². The van der Waals surface area contributed by atoms with E-state index < -0.39 is 11.8 Å². The van der Waals surface area contributed by atoms with E-state index in [1.807, 2.05) is 44.2 Å². The Hall–Kier alpha value is -3.17. The van der Waals surface area contributed by atoms with E-state index in [1.165, 1.54) is 0 Å². The lowest BCUT2D eigenvalue weighted by Gasteiger charge is -2.17. The summed E-state index contributed by atoms with van der Waals surface area (Å²) in [5.41, 5.74) is 3.74. The quantitative estimate of drug-likeness (QED) is 0.309. The van der Waals surface area contributed by atoms with Gasteiger partial charge in [0, 0.05) is 20.5 Å². The monoisotopic (exact) mass is 571 g/mol. The first kappa shape index (κ1) is 23.0. The van der Waals surface area contributed by atoms with Gasteiger partial charge < -0.3 is 10.6 Å². The summed E-state index contributed by atoms with van der Waals surface area (Å²) in [5, 5.41) is 5.62. The summed E-state index contributed by atoms with van der Waals surface area (Å²) in [5.74, 6) is -1.44. The second-order valence-corrected chi connectivity index (χ2v) is 9.16. The lowest BCUT2D eigenvalue weighted by Crippen LogP contribution is -2.32. The number of hydrogen-bond donors (Lipinski definition) is 2. The number of imide groups is 1. The first-order valence-electron chi connectivity index (χ1n) is 10.0. The molecule has 3 aromatic rings. The van der Waals surface area contributed by atoms with Gasteiger partial charge >= 0.3 is 0 Å². The molecule has 1 aliphatic heterocycles. The van der Waals surface area contributed by atoms with E-state index in [4.69, 9.17) is 11.6 Å². The fraction of sp³-hybridized carbons (Fsp3) is 0.0800. The maximum atomic E-state index is 13.0. The average molecular weight is 572 g/mol. The Morgan fingerprint density at radius 1 is 0.909 bits per heavy atom. The van der Waals surface area contributed by atoms with Crippen molar-refractivity contribution in [2.24, 2.45) is 0 Å². The molecule has 33 heavy (non-hydrogen) atoms. The van der Waals surface area contributed by atoms with Gasteiger partial charge in [0.2, 0.25) is 0 Å². The van der Waals surface area contributed by atoms with Crippen molar-refractivity contribution in [1.82, 2.24) is 0 Å². The first-order valence-corrected chi connectivity index (χ1v) is 11.5. The highest BCUT2D eigenvalue weighted by atomic mass is 127. The maximum absolute atomic E-state index is 13.0. The molecule has 3 amide bonds. The number of carbonyl (C=O) groups excluding carboxylic acids is 3. The molecule has 2 N–H and O–H groups in total. The summed E-state index contributed by atoms with van der Waals surface area (Å²) >= 11 is 8.45. The molecule has 3 aromatic carbocycles. The van der Waals surface area contributed by atoms with Gasteiger partial charge in [0.25, 0.3) is 17.7 Å². The zero-order valence-corrected chi connectivity index (χ0v) is 20.7. The van der Waals surface area contributed by atoms with E-state index in [9.17, 15) is 14.4 Å². The van der Waals surface area contributed by atoms with Crippen LogP contribution in [-0.4, -0.2) is 17.7 Å². The molecule has 166 valence electrons. The first-order chi connectivity index (χ1) is 15.8. The van der Waals surface area contributed by atoms with Crippen molar-refractivity contribution >= 4 is 69.0 Å². The zero-order valence-electron chi connectivity index (χ0n) is 17.8. The summed E-state index contributed by atoms with van der Waals surface area (Å²) in [6.07, 6.45) is 0. The van der Waals surface area contributed by atoms with Crippen molar-refractivity contribution in [3.05, 3.63) is 97.7 Å². The lowest BCUT2D eigenvalue weighted by atomic mass is 10.1. The van der Waals surface area contributed by atoms with E-state index in [2.05, 4.69) is 33.2 Å². The van der Waals surface area contributed by atoms with Gasteiger partial charge in [-0.1, -0.05) is 35.9 Å². The standard InChI is InChI=1S/C25H19ClIN3O3/c1-14-6-3-4-9-20(14)30-24(32)21(26)22(25(30)33)28-18-8-5-7-16(13-18)23(31)29-19-11-10-17(27)12-15(19)2/h3-13,28H,1-2H3,(H,29,31). The SMILES string of the molecule is Cc1cc(I)ccc1NC(=O)c1cccc(NC2=C(Cl)C(=O)N(c3ccccc3C)C2=O)c1. The summed E-state index contributed by atoms with van der Waals surface area (Å²) in [7, 11) is 0. The molecule has 1 aliphatic rings. The van der Waals surface area contributed by atoms with Gasteiger partial charge in [0.1, 0.15) is 10.7 Å². The molecule has 1 heterocycles. The van der Waals surface area contributed by atoms with Gasteiger partial charge in [-0.05, 0) is 90.0 Å². The van der Waals surface area contributed by atoms with E-state index in [0.717, 1.165) is 25.3 Å². The number of carbonyl (C=O) groups is 3. The molecule has 0 aliphatic carbocycles. The summed E-state index contributed by atoms with van der Waals surface area (Å²) in [6, 6.07) is 19.5. The van der Waals surface area contributed by atoms with E-state index in [1.54, 1.807) is 36.4 Å². The van der Waals surface area contributed by atoms with Crippen LogP contribution in [0.2, 0.25) is 0 Å². The van der Waals surface area contributed by atoms with Gasteiger partial charge in [0.15, 0.2) is 0 Å². The van der Waals surface area contributed by atoms with Crippen LogP contribution >= 0.6 is 34.2 Å². The third-order valence-corrected chi connectivity index (χ3v) is 6.24. The smallest absolute Gasteiger partial charge is 0.283 e. The molecule has 8 heteroatoms. The molecule has 0 saturated carbocycles. The van der Waals surface area contributed by atoms with Crippen molar-refractivity contribution < 1.29 is 14.4 Å². The summed E-state index contributed by atoms with van der Waals surface area (Å²) in [4.78, 5) is 39.6. The van der Waals surface area contributed by atoms with Crippen LogP contribution in [0.4, 0.5) is 17.1 Å². The number of benzene rings is 3. The number of amides is 3. The Balaban J connectivity index is 1.56. The summed E-state index contributed by atoms with van der Waals surface area (Å²) < 4.78 is 1.08. The number of aryl methyl sites for hydroxylation is 2. The number of halogens is 2. The normalized spacial score (nSPS) is 13.5. The predicted molar refractivity (Wildman–Crippen MR) is 138 cm³/mol. The average Bonchev–Trinajstić information content (AvgIpc) is 2.99. The predicted octanol–water partition coefficient (Wildman–Crippen LogP) is 5.60. The lowest BCUT2D eigenvalue weighted by molar-refractivity contribution is -0.120. The number of hydrogen-bond acceptors (Lipinski definition) is 4. The maximum Gasteiger partial charge on any atom is 0.283 e. The molecular weight excluding hydrogens is 553 g/mol. The second-order valence-electron chi connectivity index (χ2n) is 7.54. The highest BCUT2D eigenvalue weighted by molar-refractivity contribution is 14.1. The molecule has 4 rings (SSSR count). The van der Waals surface area contributed by atoms with E-state index >= 15 is 0 Å². The largest absolute Gasteiger partial charge is 0.350 e. The minimum Gasteiger partial charge on any atom is -0.350 e. The molecular formula is C25H19ClIN3O3. The fourth-order valence-corrected chi connectivity index (χ4v) is 4.35. The summed E-state index contributed by atoms with van der Waals surface area (Å²) in [6.45, 7) is 3.74. The van der Waals surface area contributed by atoms with Crippen LogP contribution in [0.3, 0.4) is 0 Å². The van der Waals surface area contributed by atoms with Gasteiger partial charge in [-0.15, -0.1) is 0 Å². The zero-order chi connectivity index (χ0) is 23.7. The molecule has 0 atom stereocenters. The topological polar surface area (TPSA) is 78.5 Å². The number of para-hydroxylation sites is 1. The minimum atomic E-state index is -0.596. The van der Waals surface area contributed by atoms with Gasteiger partial charge in [-0.2, -0.15) is 0 Å². The fourth-order valence-electron chi connectivity index (χ4n) is 3.49. The van der Waals surface area contributed by atoms with Crippen molar-refractivity contribution in [2.45, 2.75) is 13.8 Å². The van der Waals surface area contributed by atoms with Crippen molar-refractivity contribution in [2.75, 3.05) is 15.5 Å². The number of nitrogens with zero attached hydrogens (tertiary/aromatic N) is 1. The van der Waals surface area contributed by atoms with Crippen molar-refractivity contribution in [3.63, 3.8) is 0 Å². The Bertz CT molecular complexity index is 1340. The van der Waals surface area contributed by atoms with Crippen LogP contribution in [0.15, 0.2) is 77.5 Å². The second kappa shape index (κ2) is 9.36. The Kier molecular flexibility index (Phi) is 6.53. The third kappa shape index (κ3) is 4.65. The number of nitrogens with one attached hydrogen (secondary N) is 2. The van der Waals surface area contributed by atoms with Crippen LogP contribution in [0, 0.1) is 17.4 Å². The molecule has 0 bridgehead atoms. The Morgan fingerprint density at radius 2 is 1.67 bits per heavy atom. The van der Waals surface area contributed by atoms with Crippen molar-refractivity contribution in [1.29, 1.82) is 0 Å². The van der Waals surface area contributed by atoms with Gasteiger partial charge in [-0.25, -0.2) is 4.90 Å². The van der Waals surface area contributed by atoms with Gasteiger partial charge in [0.05, 0.1) is 5.69 Å². The van der Waals surface area contributed by atoms with Crippen LogP contribution in [0.25, 0.3) is 0 Å². The Morgan fingerprint density at radius 3 is 2.39 bits per heavy atom. The minimum absolute atomic E-state index is 0.0315. The van der Waals surface area contributed by atoms with Crippen molar-refractivity contribution in [3.8, 4) is 0 Å². The highest BCUT2D eigenvalue weighted by Crippen LogP contribution is 2.32. The van der Waals surface area contributed by atoms with E-state index in [-0.39, 0.29) is 16.6 Å². The molecule has 0 radical (unpaired) electrons. The van der Waals surface area contributed by atoms with Crippen LogP contribution in [0.5, 0.6) is 0 Å². The number of rotatable bonds is 5. The van der Waals surface area contributed by atoms with Crippen LogP contribution in [-0.2, 0) is 9.59 Å². The van der Waals surface area contributed by atoms with Crippen LogP contribution in [0.1, 0.15) is 21.5 Å². The van der Waals surface area contributed by atoms with Gasteiger partial charge in [-0.3, -0.25) is 14.4 Å². The van der Waals surface area contributed by atoms with E-state index in [0.29, 0.717) is 16.9 Å². The molecule has 6 nitrogen and oxygen atoms in total. The molecule has 0 fully saturated rings. The Labute approximate surface area is 209 Å². The number of anilines is 3. The molecule has 0 unspecified atom stereocenters. The third-order valence-electron chi connectivity index (χ3n) is 5.21. The molecule has 0 spiro atoms.